The van der Waals surface area contributed by atoms with Crippen LogP contribution in [-0.4, -0.2) is 33.7 Å². The zero-order chi connectivity index (χ0) is 23.0. The highest BCUT2D eigenvalue weighted by Gasteiger charge is 2.43. The van der Waals surface area contributed by atoms with E-state index in [2.05, 4.69) is 19.2 Å². The second-order valence-corrected chi connectivity index (χ2v) is 9.00. The fourth-order valence-electron chi connectivity index (χ4n) is 4.91. The van der Waals surface area contributed by atoms with Gasteiger partial charge in [0.1, 0.15) is 5.75 Å². The van der Waals surface area contributed by atoms with Gasteiger partial charge in [0.15, 0.2) is 17.3 Å². The molecule has 1 N–H and O–H groups in total. The number of allylic oxidation sites excluding steroid dienone is 2. The molecular weight excluding hydrogens is 406 g/mol. The number of hydrogen-bond acceptors (Lipinski definition) is 6. The summed E-state index contributed by atoms with van der Waals surface area (Å²) in [6, 6.07) is 9.88. The molecule has 4 rings (SSSR count). The minimum Gasteiger partial charge on any atom is -0.494 e. The number of ketones is 1. The number of hydrogen-bond donors (Lipinski definition) is 1. The van der Waals surface area contributed by atoms with E-state index >= 15 is 0 Å². The third-order valence-corrected chi connectivity index (χ3v) is 6.18. The molecule has 2 aliphatic rings. The summed E-state index contributed by atoms with van der Waals surface area (Å²) < 4.78 is 22.7. The van der Waals surface area contributed by atoms with Gasteiger partial charge in [-0.15, -0.1) is 0 Å². The van der Waals surface area contributed by atoms with Gasteiger partial charge in [-0.1, -0.05) is 26.0 Å². The average molecular weight is 438 g/mol. The number of anilines is 1. The summed E-state index contributed by atoms with van der Waals surface area (Å²) in [7, 11) is 4.81. The van der Waals surface area contributed by atoms with Crippen LogP contribution in [0.5, 0.6) is 23.0 Å². The standard InChI is InChI=1S/C26H31NO5/c1-7-32-16-10-8-15(9-11-16)21-22-18(13-26(2,3)14-19(22)28)27-17-12-20(29-4)24(30-5)25(31-6)23(17)21/h8-12,21,27H,7,13-14H2,1-6H3/t21-/m1/s1. The highest BCUT2D eigenvalue weighted by atomic mass is 16.5. The molecule has 0 fully saturated rings. The van der Waals surface area contributed by atoms with Gasteiger partial charge in [0.25, 0.3) is 0 Å². The van der Waals surface area contributed by atoms with Crippen molar-refractivity contribution in [1.29, 1.82) is 0 Å². The largest absolute Gasteiger partial charge is 0.494 e. The SMILES string of the molecule is CCOc1ccc([C@@H]2C3=C(CC(C)(C)CC3=O)Nc3cc(OC)c(OC)c(OC)c32)cc1. The number of carbonyl (C=O) groups is 1. The number of Topliss-reactive ketones (excluding diaryl/α,β-unsaturated/α-hetero) is 1. The zero-order valence-corrected chi connectivity index (χ0v) is 19.6. The quantitative estimate of drug-likeness (QED) is 0.661. The molecule has 1 aliphatic carbocycles. The van der Waals surface area contributed by atoms with Crippen LogP contribution in [0, 0.1) is 5.41 Å². The fourth-order valence-corrected chi connectivity index (χ4v) is 4.91. The Labute approximate surface area is 189 Å². The van der Waals surface area contributed by atoms with E-state index in [4.69, 9.17) is 18.9 Å². The van der Waals surface area contributed by atoms with Crippen molar-refractivity contribution in [2.75, 3.05) is 33.3 Å². The predicted molar refractivity (Wildman–Crippen MR) is 124 cm³/mol. The molecule has 0 saturated carbocycles. The number of carbonyl (C=O) groups excluding carboxylic acids is 1. The number of rotatable bonds is 6. The number of methoxy groups -OCH3 is 3. The van der Waals surface area contributed by atoms with E-state index in [1.807, 2.05) is 37.3 Å². The van der Waals surface area contributed by atoms with Gasteiger partial charge in [-0.2, -0.15) is 0 Å². The first-order valence-corrected chi connectivity index (χ1v) is 10.9. The lowest BCUT2D eigenvalue weighted by molar-refractivity contribution is -0.118. The second kappa shape index (κ2) is 8.41. The van der Waals surface area contributed by atoms with Crippen molar-refractivity contribution < 1.29 is 23.7 Å². The Bertz CT molecular complexity index is 1070. The summed E-state index contributed by atoms with van der Waals surface area (Å²) in [5.74, 6) is 2.33. The summed E-state index contributed by atoms with van der Waals surface area (Å²) >= 11 is 0. The van der Waals surface area contributed by atoms with Crippen molar-refractivity contribution in [3.8, 4) is 23.0 Å². The van der Waals surface area contributed by atoms with Gasteiger partial charge in [-0.25, -0.2) is 0 Å². The van der Waals surface area contributed by atoms with Crippen LogP contribution in [0.2, 0.25) is 0 Å². The maximum Gasteiger partial charge on any atom is 0.203 e. The van der Waals surface area contributed by atoms with E-state index in [1.165, 1.54) is 0 Å². The first-order chi connectivity index (χ1) is 15.3. The Hall–Kier alpha value is -3.15. The summed E-state index contributed by atoms with van der Waals surface area (Å²) in [4.78, 5) is 13.5. The van der Waals surface area contributed by atoms with Gasteiger partial charge in [0.05, 0.1) is 33.6 Å². The van der Waals surface area contributed by atoms with Crippen LogP contribution in [0.25, 0.3) is 0 Å². The lowest BCUT2D eigenvalue weighted by Gasteiger charge is -2.40. The molecule has 0 aromatic heterocycles. The molecule has 1 heterocycles. The predicted octanol–water partition coefficient (Wildman–Crippen LogP) is 5.31. The minimum absolute atomic E-state index is 0.107. The first kappa shape index (κ1) is 22.1. The molecule has 0 bridgehead atoms. The smallest absolute Gasteiger partial charge is 0.203 e. The Morgan fingerprint density at radius 3 is 2.28 bits per heavy atom. The molecule has 0 radical (unpaired) electrons. The van der Waals surface area contributed by atoms with Crippen LogP contribution in [0.1, 0.15) is 50.7 Å². The Morgan fingerprint density at radius 2 is 1.69 bits per heavy atom. The minimum atomic E-state index is -0.282. The lowest BCUT2D eigenvalue weighted by atomic mass is 9.68. The van der Waals surface area contributed by atoms with Crippen LogP contribution in [-0.2, 0) is 4.79 Å². The summed E-state index contributed by atoms with van der Waals surface area (Å²) in [5, 5.41) is 3.54. The van der Waals surface area contributed by atoms with Gasteiger partial charge >= 0.3 is 0 Å². The van der Waals surface area contributed by atoms with E-state index in [-0.39, 0.29) is 17.1 Å². The van der Waals surface area contributed by atoms with E-state index < -0.39 is 0 Å². The number of nitrogens with one attached hydrogen (secondary N) is 1. The van der Waals surface area contributed by atoms with Crippen LogP contribution in [0.15, 0.2) is 41.6 Å². The van der Waals surface area contributed by atoms with E-state index in [0.29, 0.717) is 30.3 Å². The van der Waals surface area contributed by atoms with Crippen LogP contribution in [0.3, 0.4) is 0 Å². The normalized spacial score (nSPS) is 18.9. The van der Waals surface area contributed by atoms with Gasteiger partial charge in [-0.05, 0) is 36.5 Å². The number of fused-ring (bicyclic) bond motifs is 1. The molecule has 0 saturated heterocycles. The van der Waals surface area contributed by atoms with Gasteiger partial charge in [0, 0.05) is 35.2 Å². The summed E-state index contributed by atoms with van der Waals surface area (Å²) in [6.07, 6.45) is 1.30. The molecule has 6 nitrogen and oxygen atoms in total. The van der Waals surface area contributed by atoms with E-state index in [9.17, 15) is 4.79 Å². The Kier molecular flexibility index (Phi) is 5.80. The van der Waals surface area contributed by atoms with E-state index in [0.717, 1.165) is 40.3 Å². The lowest BCUT2D eigenvalue weighted by Crippen LogP contribution is -2.34. The Balaban J connectivity index is 1.98. The van der Waals surface area contributed by atoms with Crippen molar-refractivity contribution >= 4 is 11.5 Å². The van der Waals surface area contributed by atoms with Crippen LogP contribution >= 0.6 is 0 Å². The van der Waals surface area contributed by atoms with Gasteiger partial charge < -0.3 is 24.3 Å². The fraction of sp³-hybridized carbons (Fsp3) is 0.423. The van der Waals surface area contributed by atoms with Crippen molar-refractivity contribution in [2.24, 2.45) is 5.41 Å². The molecule has 170 valence electrons. The molecule has 0 spiro atoms. The maximum atomic E-state index is 13.5. The second-order valence-electron chi connectivity index (χ2n) is 9.00. The highest BCUT2D eigenvalue weighted by molar-refractivity contribution is 6.02. The maximum absolute atomic E-state index is 13.5. The molecule has 32 heavy (non-hydrogen) atoms. The van der Waals surface area contributed by atoms with Crippen molar-refractivity contribution in [3.63, 3.8) is 0 Å². The Morgan fingerprint density at radius 1 is 1.00 bits per heavy atom. The van der Waals surface area contributed by atoms with Crippen molar-refractivity contribution in [1.82, 2.24) is 0 Å². The molecule has 1 aliphatic heterocycles. The van der Waals surface area contributed by atoms with Gasteiger partial charge in [-0.3, -0.25) is 4.79 Å². The zero-order valence-electron chi connectivity index (χ0n) is 19.6. The molecule has 2 aromatic carbocycles. The molecule has 1 atom stereocenters. The summed E-state index contributed by atoms with van der Waals surface area (Å²) in [5.41, 5.74) is 4.40. The van der Waals surface area contributed by atoms with Gasteiger partial charge in [0.2, 0.25) is 5.75 Å². The highest BCUT2D eigenvalue weighted by Crippen LogP contribution is 2.56. The monoisotopic (exact) mass is 437 g/mol. The molecule has 0 unspecified atom stereocenters. The van der Waals surface area contributed by atoms with Crippen molar-refractivity contribution in [2.45, 2.75) is 39.5 Å². The van der Waals surface area contributed by atoms with Crippen LogP contribution < -0.4 is 24.3 Å². The third-order valence-electron chi connectivity index (χ3n) is 6.18. The summed E-state index contributed by atoms with van der Waals surface area (Å²) in [6.45, 7) is 6.82. The molecule has 0 amide bonds. The topological polar surface area (TPSA) is 66.0 Å². The molecular formula is C26H31NO5. The molecule has 6 heteroatoms. The van der Waals surface area contributed by atoms with E-state index in [1.54, 1.807) is 21.3 Å². The third kappa shape index (κ3) is 3.68. The molecule has 2 aromatic rings. The number of ether oxygens (including phenoxy) is 4. The first-order valence-electron chi connectivity index (χ1n) is 10.9. The van der Waals surface area contributed by atoms with Crippen LogP contribution in [0.4, 0.5) is 5.69 Å². The van der Waals surface area contributed by atoms with Crippen molar-refractivity contribution in [3.05, 3.63) is 52.7 Å². The number of benzene rings is 2. The average Bonchev–Trinajstić information content (AvgIpc) is 2.76.